The van der Waals surface area contributed by atoms with Crippen LogP contribution >= 0.6 is 0 Å². The van der Waals surface area contributed by atoms with Gasteiger partial charge in [-0.05, 0) is 186 Å². The van der Waals surface area contributed by atoms with E-state index in [2.05, 4.69) is 257 Å². The Morgan fingerprint density at radius 1 is 0.272 bits per heavy atom. The van der Waals surface area contributed by atoms with Crippen LogP contribution in [0, 0.1) is 0 Å². The molecule has 2 aliphatic rings. The molecule has 16 aromatic carbocycles. The Morgan fingerprint density at radius 3 is 1.09 bits per heavy atom. The summed E-state index contributed by atoms with van der Waals surface area (Å²) in [6.07, 6.45) is 0. The molecule has 0 spiro atoms. The minimum absolute atomic E-state index is 0.0921. The van der Waals surface area contributed by atoms with Gasteiger partial charge in [-0.1, -0.05) is 291 Å². The quantitative estimate of drug-likeness (QED) is 0.0651. The Hall–Kier alpha value is -15.1. The molecule has 2 aromatic heterocycles. The highest BCUT2D eigenvalue weighted by Crippen LogP contribution is 2.50. The van der Waals surface area contributed by atoms with E-state index in [9.17, 15) is 0 Å². The first kappa shape index (κ1) is 68.2. The number of hydrogen-bond donors (Lipinski definition) is 0. The van der Waals surface area contributed by atoms with Crippen LogP contribution in [0.25, 0.3) is 117 Å². The smallest absolute Gasteiger partial charge is 0.338 e. The third kappa shape index (κ3) is 12.8. The molecule has 0 saturated heterocycles. The number of fused-ring (bicyclic) bond motifs is 7. The van der Waals surface area contributed by atoms with Gasteiger partial charge in [0.05, 0.1) is 27.8 Å². The summed E-state index contributed by atoms with van der Waals surface area (Å²) < 4.78 is 14.9. The van der Waals surface area contributed by atoms with Crippen molar-refractivity contribution in [1.82, 2.24) is 19.5 Å². The van der Waals surface area contributed by atoms with Gasteiger partial charge in [0.1, 0.15) is 13.2 Å². The van der Waals surface area contributed by atoms with Crippen molar-refractivity contribution in [1.29, 1.82) is 0 Å². The molecule has 10 nitrogen and oxygen atoms in total. The van der Waals surface area contributed by atoms with E-state index in [0.717, 1.165) is 161 Å². The summed E-state index contributed by atoms with van der Waals surface area (Å²) in [7, 11) is 0. The Kier molecular flexibility index (Phi) is 17.6. The maximum absolute atomic E-state index is 15.0. The molecule has 11 heteroatoms. The van der Waals surface area contributed by atoms with E-state index < -0.39 is 18.7 Å². The molecule has 0 aliphatic carbocycles. The lowest BCUT2D eigenvalue weighted by Gasteiger charge is -2.45. The molecule has 0 radical (unpaired) electrons. The number of ether oxygens (including phenoxy) is 2. The van der Waals surface area contributed by atoms with E-state index in [1.807, 2.05) is 152 Å². The largest absolute Gasteiger partial charge is 0.457 e. The molecule has 114 heavy (non-hydrogen) atoms. The Labute approximate surface area is 660 Å². The number of para-hydroxylation sites is 2. The van der Waals surface area contributed by atoms with E-state index in [1.165, 1.54) is 0 Å². The number of nitrogens with zero attached hydrogens (tertiary/aromatic N) is 6. The predicted molar refractivity (Wildman–Crippen MR) is 463 cm³/mol. The normalized spacial score (nSPS) is 11.9. The summed E-state index contributed by atoms with van der Waals surface area (Å²) in [5.74, 6) is 0.782. The van der Waals surface area contributed by atoms with Crippen molar-refractivity contribution in [2.45, 2.75) is 13.2 Å². The van der Waals surface area contributed by atoms with Gasteiger partial charge in [0.2, 0.25) is 0 Å². The molecular weight excluding hydrogens is 1400 g/mol. The summed E-state index contributed by atoms with van der Waals surface area (Å²) >= 11 is 0. The summed E-state index contributed by atoms with van der Waals surface area (Å²) in [6, 6.07) is 136. The van der Waals surface area contributed by atoms with E-state index in [-0.39, 0.29) is 13.2 Å². The zero-order chi connectivity index (χ0) is 76.0. The third-order valence-corrected chi connectivity index (χ3v) is 21.8. The number of hydrogen-bond acceptors (Lipinski definition) is 9. The molecule has 4 heterocycles. The van der Waals surface area contributed by atoms with E-state index in [0.29, 0.717) is 28.6 Å². The molecule has 0 unspecified atom stereocenters. The SMILES string of the molecule is O=C(OCc1ccccc1)c1ccc2c(c1)N(c1cc(-c3ccccc3)cc(-c3ccccc3)c1)c1cc(-c3ccc4c(c3)c3ccccc3n4-c3ccccc3-c3nc(-c4ccccc4)nc(-c4ccccc4)n3)cc3c1B2c1ccc(C(=O)OCc2ccccc2)cc1N3c1cc(-c2ccccc2)cc(-c2ccccc2)c1. The molecule has 0 saturated carbocycles. The van der Waals surface area contributed by atoms with Gasteiger partial charge >= 0.3 is 11.9 Å². The number of anilines is 6. The van der Waals surface area contributed by atoms with Crippen molar-refractivity contribution in [2.24, 2.45) is 0 Å². The second kappa shape index (κ2) is 29.4. The maximum Gasteiger partial charge on any atom is 0.338 e. The van der Waals surface area contributed by atoms with Crippen LogP contribution in [0.2, 0.25) is 0 Å². The molecule has 0 atom stereocenters. The highest BCUT2D eigenvalue weighted by Gasteiger charge is 2.45. The number of esters is 2. The molecule has 538 valence electrons. The fraction of sp³-hybridized carbons (Fsp3) is 0.0194. The standard InChI is InChI=1S/C103H69BN6O4/c111-102(113-66-68-29-9-1-10-30-68)77-49-52-89-94(62-77)108(84-57-79(70-33-13-3-14-34-70)55-80(58-84)71-35-15-4-16-36-71)96-64-83(76-51-54-93-88(61-76)86-45-25-27-47-91(86)110(93)92-48-28-26-46-87(92)101-106-99(74-41-21-7-22-42-74)105-100(107-101)75-43-23-8-24-44-75)65-97-98(96)104(89)90-53-50-78(103(112)114-67-69-31-11-2-12-32-69)63-95(90)109(97)85-59-81(72-37-17-5-18-38-72)56-82(60-85)73-39-19-6-20-40-73/h1-65H,66-67H2. The molecule has 0 bridgehead atoms. The zero-order valence-electron chi connectivity index (χ0n) is 61.8. The average molecular weight is 1470 g/mol. The fourth-order valence-electron chi connectivity index (χ4n) is 16.4. The van der Waals surface area contributed by atoms with Crippen LogP contribution in [0.15, 0.2) is 394 Å². The lowest BCUT2D eigenvalue weighted by Crippen LogP contribution is -2.61. The monoisotopic (exact) mass is 1460 g/mol. The number of carbonyl (C=O) groups is 2. The number of benzene rings is 16. The molecule has 2 aliphatic heterocycles. The van der Waals surface area contributed by atoms with Crippen molar-refractivity contribution < 1.29 is 19.1 Å². The first-order valence-corrected chi connectivity index (χ1v) is 38.3. The van der Waals surface area contributed by atoms with Crippen molar-refractivity contribution in [2.75, 3.05) is 9.80 Å². The van der Waals surface area contributed by atoms with Crippen molar-refractivity contribution in [3.8, 4) is 95.5 Å². The summed E-state index contributed by atoms with van der Waals surface area (Å²) in [6.45, 7) is -0.288. The van der Waals surface area contributed by atoms with Crippen LogP contribution in [0.5, 0.6) is 0 Å². The summed E-state index contributed by atoms with van der Waals surface area (Å²) in [5, 5.41) is 2.08. The van der Waals surface area contributed by atoms with E-state index in [4.69, 9.17) is 24.4 Å². The lowest BCUT2D eigenvalue weighted by molar-refractivity contribution is 0.0464. The fourth-order valence-corrected chi connectivity index (χ4v) is 16.4. The molecule has 0 fully saturated rings. The van der Waals surface area contributed by atoms with E-state index in [1.54, 1.807) is 0 Å². The van der Waals surface area contributed by atoms with Gasteiger partial charge in [-0.25, -0.2) is 24.5 Å². The van der Waals surface area contributed by atoms with Crippen LogP contribution in [0.3, 0.4) is 0 Å². The molecule has 0 amide bonds. The average Bonchev–Trinajstić information content (AvgIpc) is 0.876. The van der Waals surface area contributed by atoms with Crippen molar-refractivity contribution >= 4 is 91.0 Å². The van der Waals surface area contributed by atoms with Gasteiger partial charge in [-0.15, -0.1) is 0 Å². The molecule has 0 N–H and O–H groups in total. The summed E-state index contributed by atoms with van der Waals surface area (Å²) in [4.78, 5) is 50.5. The van der Waals surface area contributed by atoms with Crippen LogP contribution in [-0.4, -0.2) is 38.2 Å². The van der Waals surface area contributed by atoms with Crippen LogP contribution < -0.4 is 26.2 Å². The van der Waals surface area contributed by atoms with Crippen LogP contribution in [-0.2, 0) is 22.7 Å². The number of rotatable bonds is 17. The minimum atomic E-state index is -0.473. The van der Waals surface area contributed by atoms with Crippen LogP contribution in [0.4, 0.5) is 34.1 Å². The summed E-state index contributed by atoms with van der Waals surface area (Å²) in [5.41, 5.74) is 26.2. The Bertz CT molecular complexity index is 6280. The lowest BCUT2D eigenvalue weighted by atomic mass is 9.33. The van der Waals surface area contributed by atoms with Crippen molar-refractivity contribution in [3.63, 3.8) is 0 Å². The highest BCUT2D eigenvalue weighted by atomic mass is 16.5. The second-order valence-electron chi connectivity index (χ2n) is 28.8. The van der Waals surface area contributed by atoms with Gasteiger partial charge in [-0.2, -0.15) is 0 Å². The predicted octanol–water partition coefficient (Wildman–Crippen LogP) is 23.1. The van der Waals surface area contributed by atoms with Crippen LogP contribution in [0.1, 0.15) is 31.8 Å². The number of aromatic nitrogens is 4. The number of carbonyl (C=O) groups excluding carboxylic acids is 2. The Balaban J connectivity index is 0.858. The van der Waals surface area contributed by atoms with Gasteiger partial charge in [0.25, 0.3) is 6.71 Å². The van der Waals surface area contributed by atoms with Crippen molar-refractivity contribution in [3.05, 3.63) is 417 Å². The van der Waals surface area contributed by atoms with Gasteiger partial charge in [-0.3, -0.25) is 0 Å². The van der Waals surface area contributed by atoms with Gasteiger partial charge in [0.15, 0.2) is 17.5 Å². The highest BCUT2D eigenvalue weighted by molar-refractivity contribution is 7.00. The first-order valence-electron chi connectivity index (χ1n) is 38.3. The Morgan fingerprint density at radius 2 is 0.640 bits per heavy atom. The molecular formula is C103H69BN6O4. The topological polar surface area (TPSA) is 103 Å². The van der Waals surface area contributed by atoms with Gasteiger partial charge < -0.3 is 23.8 Å². The molecule has 20 rings (SSSR count). The zero-order valence-corrected chi connectivity index (χ0v) is 61.8. The molecule has 18 aromatic rings. The van der Waals surface area contributed by atoms with Gasteiger partial charge in [0, 0.05) is 61.6 Å². The van der Waals surface area contributed by atoms with E-state index >= 15 is 9.59 Å². The third-order valence-electron chi connectivity index (χ3n) is 21.8. The second-order valence-corrected chi connectivity index (χ2v) is 28.8. The first-order chi connectivity index (χ1) is 56.3. The minimum Gasteiger partial charge on any atom is -0.457 e. The maximum atomic E-state index is 15.0.